The van der Waals surface area contributed by atoms with Gasteiger partial charge in [0.25, 0.3) is 0 Å². The summed E-state index contributed by atoms with van der Waals surface area (Å²) in [6.07, 6.45) is 0.885. The van der Waals surface area contributed by atoms with Crippen LogP contribution in [0.5, 0.6) is 0 Å². The second kappa shape index (κ2) is 6.34. The van der Waals surface area contributed by atoms with Crippen LogP contribution in [-0.4, -0.2) is 26.9 Å². The monoisotopic (exact) mass is 297 g/mol. The Morgan fingerprint density at radius 1 is 1.30 bits per heavy atom. The Hall–Kier alpha value is -1.44. The molecule has 1 fully saturated rings. The summed E-state index contributed by atoms with van der Waals surface area (Å²) in [6.45, 7) is 0.655. The van der Waals surface area contributed by atoms with Crippen molar-refractivity contribution in [3.05, 3.63) is 35.4 Å². The molecule has 1 saturated heterocycles. The Labute approximate surface area is 118 Å². The van der Waals surface area contributed by atoms with Crippen LogP contribution in [0.1, 0.15) is 24.0 Å². The maximum atomic E-state index is 12.2. The van der Waals surface area contributed by atoms with Gasteiger partial charge >= 0.3 is 0 Å². The molecule has 1 aromatic carbocycles. The summed E-state index contributed by atoms with van der Waals surface area (Å²) in [7, 11) is -3.44. The molecule has 1 atom stereocenters. The maximum Gasteiger partial charge on any atom is 0.220 e. The van der Waals surface area contributed by atoms with Crippen LogP contribution in [0.4, 0.5) is 0 Å². The third-order valence-electron chi connectivity index (χ3n) is 3.30. The molecule has 1 aliphatic rings. The normalized spacial score (nSPS) is 19.6. The molecule has 0 radical (unpaired) electrons. The maximum absolute atomic E-state index is 12.2. The van der Waals surface area contributed by atoms with Crippen LogP contribution in [0.15, 0.2) is 24.3 Å². The standard InChI is InChI=1S/C13H19N3O3S/c14-7-10-3-1-2-4-11(10)9-20(18,19)16-12-5-6-13(17)15-8-12/h1-4,12,16H,5-9,14H2,(H,15,17). The van der Waals surface area contributed by atoms with Gasteiger partial charge in [-0.15, -0.1) is 0 Å². The number of amides is 1. The minimum Gasteiger partial charge on any atom is -0.355 e. The molecule has 1 amide bonds. The lowest BCUT2D eigenvalue weighted by Gasteiger charge is -2.23. The molecule has 1 aliphatic heterocycles. The molecule has 0 bridgehead atoms. The van der Waals surface area contributed by atoms with Gasteiger partial charge in [0, 0.05) is 25.6 Å². The van der Waals surface area contributed by atoms with Crippen LogP contribution < -0.4 is 15.8 Å². The first-order valence-electron chi connectivity index (χ1n) is 6.54. The van der Waals surface area contributed by atoms with Crippen LogP contribution in [0.2, 0.25) is 0 Å². The summed E-state index contributed by atoms with van der Waals surface area (Å²) in [5.74, 6) is -0.126. The topological polar surface area (TPSA) is 101 Å². The first-order chi connectivity index (χ1) is 9.50. The number of nitrogens with two attached hydrogens (primary N) is 1. The Kier molecular flexibility index (Phi) is 4.74. The minimum absolute atomic E-state index is 0.0334. The number of sulfonamides is 1. The summed E-state index contributed by atoms with van der Waals surface area (Å²) < 4.78 is 26.9. The average molecular weight is 297 g/mol. The van der Waals surface area contributed by atoms with Crippen LogP contribution in [0.25, 0.3) is 0 Å². The third-order valence-corrected chi connectivity index (χ3v) is 4.68. The zero-order valence-corrected chi connectivity index (χ0v) is 11.9. The highest BCUT2D eigenvalue weighted by Gasteiger charge is 2.23. The number of hydrogen-bond donors (Lipinski definition) is 3. The average Bonchev–Trinajstić information content (AvgIpc) is 2.41. The van der Waals surface area contributed by atoms with Gasteiger partial charge in [-0.2, -0.15) is 0 Å². The van der Waals surface area contributed by atoms with Crippen molar-refractivity contribution in [2.24, 2.45) is 5.73 Å². The van der Waals surface area contributed by atoms with E-state index >= 15 is 0 Å². The van der Waals surface area contributed by atoms with Gasteiger partial charge in [0.05, 0.1) is 5.75 Å². The molecular formula is C13H19N3O3S. The van der Waals surface area contributed by atoms with Gasteiger partial charge in [-0.3, -0.25) is 4.79 Å². The minimum atomic E-state index is -3.44. The molecule has 1 aromatic rings. The van der Waals surface area contributed by atoms with Gasteiger partial charge in [0.2, 0.25) is 15.9 Å². The summed E-state index contributed by atoms with van der Waals surface area (Å²) in [6, 6.07) is 6.99. The predicted octanol–water partition coefficient (Wildman–Crippen LogP) is -0.157. The fourth-order valence-corrected chi connectivity index (χ4v) is 3.71. The number of benzene rings is 1. The zero-order chi connectivity index (χ0) is 14.6. The highest BCUT2D eigenvalue weighted by atomic mass is 32.2. The molecule has 2 rings (SSSR count). The SMILES string of the molecule is NCc1ccccc1CS(=O)(=O)NC1CCC(=O)NC1. The molecule has 20 heavy (non-hydrogen) atoms. The third kappa shape index (κ3) is 4.03. The summed E-state index contributed by atoms with van der Waals surface area (Å²) in [5.41, 5.74) is 7.15. The largest absolute Gasteiger partial charge is 0.355 e. The number of piperidine rings is 1. The van der Waals surface area contributed by atoms with Crippen molar-refractivity contribution in [1.82, 2.24) is 10.0 Å². The van der Waals surface area contributed by atoms with E-state index in [0.717, 1.165) is 5.56 Å². The van der Waals surface area contributed by atoms with Crippen molar-refractivity contribution < 1.29 is 13.2 Å². The van der Waals surface area contributed by atoms with Crippen LogP contribution in [-0.2, 0) is 27.1 Å². The summed E-state index contributed by atoms with van der Waals surface area (Å²) in [4.78, 5) is 11.0. The van der Waals surface area contributed by atoms with Crippen molar-refractivity contribution in [1.29, 1.82) is 0 Å². The Bertz CT molecular complexity index is 576. The van der Waals surface area contributed by atoms with Crippen LogP contribution in [0.3, 0.4) is 0 Å². The van der Waals surface area contributed by atoms with E-state index in [-0.39, 0.29) is 17.7 Å². The second-order valence-electron chi connectivity index (χ2n) is 4.89. The number of rotatable bonds is 5. The van der Waals surface area contributed by atoms with E-state index in [2.05, 4.69) is 10.0 Å². The predicted molar refractivity (Wildman–Crippen MR) is 76.1 cm³/mol. The molecule has 0 spiro atoms. The Balaban J connectivity index is 2.02. The van der Waals surface area contributed by atoms with Gasteiger partial charge < -0.3 is 11.1 Å². The van der Waals surface area contributed by atoms with E-state index in [1.165, 1.54) is 0 Å². The number of nitrogens with one attached hydrogen (secondary N) is 2. The van der Waals surface area contributed by atoms with Gasteiger partial charge in [-0.25, -0.2) is 13.1 Å². The number of carbonyl (C=O) groups is 1. The number of carbonyl (C=O) groups excluding carboxylic acids is 1. The van der Waals surface area contributed by atoms with Gasteiger partial charge in [-0.1, -0.05) is 24.3 Å². The molecular weight excluding hydrogens is 278 g/mol. The highest BCUT2D eigenvalue weighted by molar-refractivity contribution is 7.88. The van der Waals surface area contributed by atoms with E-state index in [4.69, 9.17) is 5.73 Å². The van der Waals surface area contributed by atoms with Gasteiger partial charge in [0.1, 0.15) is 0 Å². The van der Waals surface area contributed by atoms with Crippen molar-refractivity contribution in [3.8, 4) is 0 Å². The van der Waals surface area contributed by atoms with Gasteiger partial charge in [-0.05, 0) is 17.5 Å². The molecule has 1 heterocycles. The molecule has 4 N–H and O–H groups in total. The van der Waals surface area contributed by atoms with Crippen molar-refractivity contribution in [3.63, 3.8) is 0 Å². The quantitative estimate of drug-likeness (QED) is 0.703. The van der Waals surface area contributed by atoms with Crippen molar-refractivity contribution in [2.45, 2.75) is 31.2 Å². The molecule has 0 aliphatic carbocycles. The van der Waals surface area contributed by atoms with Crippen molar-refractivity contribution in [2.75, 3.05) is 6.54 Å². The van der Waals surface area contributed by atoms with Crippen LogP contribution in [0, 0.1) is 0 Å². The molecule has 0 saturated carbocycles. The van der Waals surface area contributed by atoms with E-state index in [1.54, 1.807) is 12.1 Å². The van der Waals surface area contributed by atoms with Crippen LogP contribution >= 0.6 is 0 Å². The summed E-state index contributed by atoms with van der Waals surface area (Å²) in [5, 5.41) is 2.66. The van der Waals surface area contributed by atoms with E-state index in [0.29, 0.717) is 31.5 Å². The molecule has 6 nitrogen and oxygen atoms in total. The molecule has 1 unspecified atom stereocenters. The lowest BCUT2D eigenvalue weighted by molar-refractivity contribution is -0.122. The van der Waals surface area contributed by atoms with Gasteiger partial charge in [0.15, 0.2) is 0 Å². The molecule has 0 aromatic heterocycles. The van der Waals surface area contributed by atoms with E-state index in [1.807, 2.05) is 12.1 Å². The van der Waals surface area contributed by atoms with Crippen molar-refractivity contribution >= 4 is 15.9 Å². The molecule has 7 heteroatoms. The highest BCUT2D eigenvalue weighted by Crippen LogP contribution is 2.13. The fraction of sp³-hybridized carbons (Fsp3) is 0.462. The second-order valence-corrected chi connectivity index (χ2v) is 6.64. The van der Waals surface area contributed by atoms with E-state index in [9.17, 15) is 13.2 Å². The first kappa shape index (κ1) is 15.0. The Morgan fingerprint density at radius 3 is 2.60 bits per heavy atom. The summed E-state index contributed by atoms with van der Waals surface area (Å²) >= 11 is 0. The Morgan fingerprint density at radius 2 is 2.00 bits per heavy atom. The smallest absolute Gasteiger partial charge is 0.220 e. The lowest BCUT2D eigenvalue weighted by atomic mass is 10.1. The fourth-order valence-electron chi connectivity index (χ4n) is 2.23. The first-order valence-corrected chi connectivity index (χ1v) is 8.19. The number of hydrogen-bond acceptors (Lipinski definition) is 4. The zero-order valence-electron chi connectivity index (χ0n) is 11.1. The molecule has 110 valence electrons. The van der Waals surface area contributed by atoms with E-state index < -0.39 is 10.0 Å². The lowest BCUT2D eigenvalue weighted by Crippen LogP contribution is -2.47.